The molecule has 0 atom stereocenters. The van der Waals surface area contributed by atoms with Gasteiger partial charge in [-0.3, -0.25) is 0 Å². The average Bonchev–Trinajstić information content (AvgIpc) is 1.64. The molecule has 45 valence electrons. The Morgan fingerprint density at radius 2 is 1.67 bits per heavy atom. The van der Waals surface area contributed by atoms with Crippen molar-refractivity contribution in [1.82, 2.24) is 4.98 Å². The molecule has 0 fully saturated rings. The number of hydrogen-bond acceptors (Lipinski definition) is 1. The van der Waals surface area contributed by atoms with Gasteiger partial charge in [0.1, 0.15) is 0 Å². The van der Waals surface area contributed by atoms with E-state index in [1.165, 1.54) is 0 Å². The quantitative estimate of drug-likeness (QED) is 0.496. The van der Waals surface area contributed by atoms with Crippen LogP contribution < -0.4 is 0 Å². The zero-order valence-electron chi connectivity index (χ0n) is 4.44. The fraction of sp³-hybridized carbons (Fsp3) is 0. The summed E-state index contributed by atoms with van der Waals surface area (Å²) in [4.78, 5) is 3.67. The fourth-order valence-electron chi connectivity index (χ4n) is 0.346. The fourth-order valence-corrected chi connectivity index (χ4v) is 0.697. The zero-order chi connectivity index (χ0) is 5.98. The van der Waals surface area contributed by atoms with Crippen molar-refractivity contribution in [3.8, 4) is 0 Å². The van der Waals surface area contributed by atoms with Gasteiger partial charge < -0.3 is 4.98 Å². The van der Waals surface area contributed by atoms with Gasteiger partial charge >= 0.3 is 0 Å². The van der Waals surface area contributed by atoms with Gasteiger partial charge in [0.15, 0.2) is 0 Å². The summed E-state index contributed by atoms with van der Waals surface area (Å²) >= 11 is 10.8. The van der Waals surface area contributed by atoms with Crippen molar-refractivity contribution in [3.05, 3.63) is 28.5 Å². The molecule has 0 N–H and O–H groups in total. The van der Waals surface area contributed by atoms with Crippen molar-refractivity contribution in [3.63, 3.8) is 0 Å². The van der Waals surface area contributed by atoms with Gasteiger partial charge in [-0.1, -0.05) is 0 Å². The van der Waals surface area contributed by atoms with Crippen molar-refractivity contribution >= 4 is 23.2 Å². The van der Waals surface area contributed by atoms with Crippen LogP contribution in [-0.4, -0.2) is 4.98 Å². The third kappa shape index (κ3) is 3.51. The molecule has 0 aliphatic heterocycles. The maximum atomic E-state index is 5.42. The molecule has 0 amide bonds. The Kier molecular flexibility index (Phi) is 5.05. The summed E-state index contributed by atoms with van der Waals surface area (Å²) in [6, 6.07) is 5.80. The first-order chi connectivity index (χ1) is 3.79. The van der Waals surface area contributed by atoms with Crippen LogP contribution in [0.25, 0.3) is 0 Å². The molecule has 0 saturated carbocycles. The summed E-state index contributed by atoms with van der Waals surface area (Å²) in [6.07, 6.45) is 0. The number of pyridine rings is 1. The van der Waals surface area contributed by atoms with Gasteiger partial charge in [0.2, 0.25) is 0 Å². The second-order valence-corrected chi connectivity index (χ2v) is 1.99. The minimum Gasteiger partial charge on any atom is -0.353 e. The van der Waals surface area contributed by atoms with E-state index in [1.807, 2.05) is 0 Å². The first kappa shape index (κ1) is 9.83. The second kappa shape index (κ2) is 4.62. The van der Waals surface area contributed by atoms with E-state index in [9.17, 15) is 0 Å². The molecule has 1 aromatic rings. The Morgan fingerprint density at radius 1 is 1.22 bits per heavy atom. The molecule has 0 aliphatic rings. The van der Waals surface area contributed by atoms with E-state index in [4.69, 9.17) is 23.2 Å². The van der Waals surface area contributed by atoms with Crippen LogP contribution in [-0.2, 0) is 32.7 Å². The molecule has 0 spiro atoms. The number of aromatic nitrogens is 1. The van der Waals surface area contributed by atoms with E-state index >= 15 is 0 Å². The van der Waals surface area contributed by atoms with Crippen LogP contribution in [0.5, 0.6) is 0 Å². The maximum absolute atomic E-state index is 5.42. The molecule has 1 radical (unpaired) electrons. The van der Waals surface area contributed by atoms with Crippen molar-refractivity contribution in [2.45, 2.75) is 0 Å². The van der Waals surface area contributed by atoms with Crippen LogP contribution in [0.2, 0.25) is 10.3 Å². The predicted octanol–water partition coefficient (Wildman–Crippen LogP) is 2.19. The molecule has 0 saturated heterocycles. The summed E-state index contributed by atoms with van der Waals surface area (Å²) < 4.78 is 0. The Labute approximate surface area is 88.6 Å². The summed E-state index contributed by atoms with van der Waals surface area (Å²) in [5.41, 5.74) is 0. The van der Waals surface area contributed by atoms with Crippen LogP contribution in [0, 0.1) is 6.07 Å². The minimum absolute atomic E-state index is 0. The van der Waals surface area contributed by atoms with Gasteiger partial charge in [0.25, 0.3) is 0 Å². The van der Waals surface area contributed by atoms with E-state index in [0.29, 0.717) is 10.3 Å². The second-order valence-electron chi connectivity index (χ2n) is 1.21. The van der Waals surface area contributed by atoms with Crippen LogP contribution in [0.3, 0.4) is 0 Å². The van der Waals surface area contributed by atoms with E-state index in [2.05, 4.69) is 11.1 Å². The number of halogens is 2. The Bertz CT molecular complexity index is 175. The van der Waals surface area contributed by atoms with Gasteiger partial charge in [-0.2, -0.15) is 6.07 Å². The molecule has 4 heteroatoms. The minimum atomic E-state index is 0. The smallest absolute Gasteiger partial charge is 0.0156 e. The number of hydrogen-bond donors (Lipinski definition) is 0. The Hall–Kier alpha value is 0.834. The van der Waals surface area contributed by atoms with E-state index in [1.54, 1.807) is 12.1 Å². The molecule has 0 unspecified atom stereocenters. The molecule has 1 heterocycles. The molecule has 0 bridgehead atoms. The monoisotopic (exact) mass is 235 g/mol. The van der Waals surface area contributed by atoms with Gasteiger partial charge in [-0.25, -0.2) is 0 Å². The number of nitrogens with zero attached hydrogens (tertiary/aromatic N) is 1. The third-order valence-electron chi connectivity index (χ3n) is 0.618. The Balaban J connectivity index is 0.000000640. The first-order valence-corrected chi connectivity index (χ1v) is 2.74. The normalized spacial score (nSPS) is 8.22. The van der Waals surface area contributed by atoms with Crippen molar-refractivity contribution in [1.29, 1.82) is 0 Å². The topological polar surface area (TPSA) is 12.9 Å². The van der Waals surface area contributed by atoms with Crippen LogP contribution >= 0.6 is 23.2 Å². The summed E-state index contributed by atoms with van der Waals surface area (Å²) in [6.45, 7) is 0. The molecule has 0 aromatic carbocycles. The molecular weight excluding hydrogens is 234 g/mol. The van der Waals surface area contributed by atoms with Crippen LogP contribution in [0.15, 0.2) is 12.1 Å². The summed E-state index contributed by atoms with van der Waals surface area (Å²) in [7, 11) is 0. The van der Waals surface area contributed by atoms with Crippen molar-refractivity contribution < 1.29 is 32.7 Å². The molecule has 9 heavy (non-hydrogen) atoms. The zero-order valence-corrected chi connectivity index (χ0v) is 8.79. The van der Waals surface area contributed by atoms with Gasteiger partial charge in [0.05, 0.1) is 0 Å². The van der Waals surface area contributed by atoms with Crippen molar-refractivity contribution in [2.24, 2.45) is 0 Å². The van der Waals surface area contributed by atoms with E-state index in [-0.39, 0.29) is 32.7 Å². The SMILES string of the molecule is Clc1c[c-]cc(Cl)n1.[Y]. The molecule has 1 nitrogen and oxygen atoms in total. The van der Waals surface area contributed by atoms with E-state index < -0.39 is 0 Å². The average molecular weight is 236 g/mol. The third-order valence-corrected chi connectivity index (χ3v) is 1.01. The van der Waals surface area contributed by atoms with E-state index in [0.717, 1.165) is 0 Å². The maximum Gasteiger partial charge on any atom is 0.0156 e. The van der Waals surface area contributed by atoms with Crippen LogP contribution in [0.1, 0.15) is 0 Å². The first-order valence-electron chi connectivity index (χ1n) is 1.98. The Morgan fingerprint density at radius 3 is 1.89 bits per heavy atom. The van der Waals surface area contributed by atoms with Crippen LogP contribution in [0.4, 0.5) is 0 Å². The number of rotatable bonds is 0. The molecule has 1 rings (SSSR count). The molecular formula is C5H2Cl2NY-. The van der Waals surface area contributed by atoms with Gasteiger partial charge in [-0.05, 0) is 0 Å². The standard InChI is InChI=1S/C5H2Cl2N.Y/c6-4-2-1-3-5(7)8-4;/h2-3H;/q-1;. The van der Waals surface area contributed by atoms with Gasteiger partial charge in [0, 0.05) is 43.0 Å². The molecule has 0 aliphatic carbocycles. The van der Waals surface area contributed by atoms with Gasteiger partial charge in [-0.15, -0.1) is 35.3 Å². The summed E-state index contributed by atoms with van der Waals surface area (Å²) in [5.74, 6) is 0. The molecule has 1 aromatic heterocycles. The van der Waals surface area contributed by atoms with Crippen molar-refractivity contribution in [2.75, 3.05) is 0 Å². The summed E-state index contributed by atoms with van der Waals surface area (Å²) in [5, 5.41) is 0.745. The predicted molar refractivity (Wildman–Crippen MR) is 33.1 cm³/mol. The largest absolute Gasteiger partial charge is 0.353 e.